The molecule has 0 heterocycles. The Kier molecular flexibility index (Phi) is 3.90. The first-order valence-corrected chi connectivity index (χ1v) is 4.16. The second-order valence-electron chi connectivity index (χ2n) is 2.77. The quantitative estimate of drug-likeness (QED) is 0.344. The third kappa shape index (κ3) is 3.42. The predicted octanol–water partition coefficient (Wildman–Crippen LogP) is -0.225. The van der Waals surface area contributed by atoms with Crippen molar-refractivity contribution in [2.24, 2.45) is 5.73 Å². The van der Waals surface area contributed by atoms with Gasteiger partial charge in [-0.2, -0.15) is 5.48 Å². The number of hydrogen-bond acceptors (Lipinski definition) is 4. The molecule has 1 aromatic rings. The molecule has 1 aromatic carbocycles. The van der Waals surface area contributed by atoms with Gasteiger partial charge in [0.25, 0.3) is 0 Å². The zero-order valence-corrected chi connectivity index (χ0v) is 7.69. The zero-order valence-electron chi connectivity index (χ0n) is 7.69. The van der Waals surface area contributed by atoms with E-state index in [2.05, 4.69) is 5.48 Å². The lowest BCUT2D eigenvalue weighted by molar-refractivity contribution is -0.125. The summed E-state index contributed by atoms with van der Waals surface area (Å²) in [6.45, 7) is 0.298. The number of anilines is 1. The SMILES string of the molecule is NC(=O)CONCc1ccccc1N. The van der Waals surface area contributed by atoms with Crippen molar-refractivity contribution in [3.05, 3.63) is 29.8 Å². The summed E-state index contributed by atoms with van der Waals surface area (Å²) >= 11 is 0. The van der Waals surface area contributed by atoms with E-state index in [9.17, 15) is 4.79 Å². The number of nitrogens with one attached hydrogen (secondary N) is 1. The first-order chi connectivity index (χ1) is 6.70. The molecule has 5 N–H and O–H groups in total. The predicted molar refractivity (Wildman–Crippen MR) is 52.8 cm³/mol. The first kappa shape index (κ1) is 10.5. The van der Waals surface area contributed by atoms with Crippen molar-refractivity contribution >= 4 is 11.6 Å². The van der Waals surface area contributed by atoms with Crippen LogP contribution in [0.1, 0.15) is 5.56 Å². The van der Waals surface area contributed by atoms with E-state index in [4.69, 9.17) is 16.3 Å². The van der Waals surface area contributed by atoms with Gasteiger partial charge < -0.3 is 11.5 Å². The molecule has 0 bridgehead atoms. The summed E-state index contributed by atoms with van der Waals surface area (Å²) in [6.07, 6.45) is 0. The summed E-state index contributed by atoms with van der Waals surface area (Å²) in [5.74, 6) is -0.515. The summed E-state index contributed by atoms with van der Waals surface area (Å²) in [7, 11) is 0. The highest BCUT2D eigenvalue weighted by molar-refractivity contribution is 5.74. The van der Waals surface area contributed by atoms with Gasteiger partial charge in [0.2, 0.25) is 5.91 Å². The minimum atomic E-state index is -0.515. The second-order valence-corrected chi connectivity index (χ2v) is 2.77. The number of carbonyl (C=O) groups is 1. The van der Waals surface area contributed by atoms with Crippen molar-refractivity contribution in [3.8, 4) is 0 Å². The number of hydrogen-bond donors (Lipinski definition) is 3. The molecule has 0 spiro atoms. The molecule has 0 unspecified atom stereocenters. The van der Waals surface area contributed by atoms with E-state index in [0.717, 1.165) is 5.56 Å². The number of benzene rings is 1. The average Bonchev–Trinajstić information content (AvgIpc) is 2.15. The van der Waals surface area contributed by atoms with Crippen molar-refractivity contribution in [1.29, 1.82) is 0 Å². The second kappa shape index (κ2) is 5.21. The van der Waals surface area contributed by atoms with Crippen LogP contribution in [0.25, 0.3) is 0 Å². The largest absolute Gasteiger partial charge is 0.398 e. The Morgan fingerprint density at radius 1 is 1.43 bits per heavy atom. The van der Waals surface area contributed by atoms with Crippen molar-refractivity contribution in [3.63, 3.8) is 0 Å². The fourth-order valence-electron chi connectivity index (χ4n) is 0.946. The van der Waals surface area contributed by atoms with Crippen LogP contribution in [-0.4, -0.2) is 12.5 Å². The molecule has 0 atom stereocenters. The molecule has 5 heteroatoms. The number of hydroxylamine groups is 1. The average molecular weight is 195 g/mol. The van der Waals surface area contributed by atoms with Crippen LogP contribution in [0.15, 0.2) is 24.3 Å². The number of amides is 1. The number of nitrogens with two attached hydrogens (primary N) is 2. The van der Waals surface area contributed by atoms with Crippen LogP contribution < -0.4 is 16.9 Å². The molecule has 0 fully saturated rings. The number of rotatable bonds is 5. The van der Waals surface area contributed by atoms with E-state index in [0.29, 0.717) is 12.2 Å². The highest BCUT2D eigenvalue weighted by atomic mass is 16.6. The first-order valence-electron chi connectivity index (χ1n) is 4.16. The summed E-state index contributed by atoms with van der Waals surface area (Å²) in [6, 6.07) is 7.39. The van der Waals surface area contributed by atoms with Gasteiger partial charge in [-0.15, -0.1) is 0 Å². The third-order valence-corrected chi connectivity index (χ3v) is 1.63. The van der Waals surface area contributed by atoms with Gasteiger partial charge in [0.1, 0.15) is 6.61 Å². The van der Waals surface area contributed by atoms with E-state index in [1.54, 1.807) is 6.07 Å². The Morgan fingerprint density at radius 2 is 2.14 bits per heavy atom. The van der Waals surface area contributed by atoms with E-state index in [-0.39, 0.29) is 6.61 Å². The van der Waals surface area contributed by atoms with Crippen LogP contribution in [0.2, 0.25) is 0 Å². The molecule has 0 radical (unpaired) electrons. The Morgan fingerprint density at radius 3 is 2.79 bits per heavy atom. The smallest absolute Gasteiger partial charge is 0.245 e. The number of nitrogen functional groups attached to an aromatic ring is 1. The summed E-state index contributed by atoms with van der Waals surface area (Å²) in [5, 5.41) is 0. The minimum Gasteiger partial charge on any atom is -0.398 e. The summed E-state index contributed by atoms with van der Waals surface area (Å²) < 4.78 is 0. The van der Waals surface area contributed by atoms with Crippen LogP contribution in [0.5, 0.6) is 0 Å². The molecule has 0 saturated carbocycles. The van der Waals surface area contributed by atoms with Gasteiger partial charge in [-0.25, -0.2) is 0 Å². The molecule has 14 heavy (non-hydrogen) atoms. The molecule has 1 amide bonds. The van der Waals surface area contributed by atoms with Gasteiger partial charge in [0.05, 0.1) is 0 Å². The van der Waals surface area contributed by atoms with E-state index < -0.39 is 5.91 Å². The lowest BCUT2D eigenvalue weighted by Crippen LogP contribution is -2.24. The highest BCUT2D eigenvalue weighted by Gasteiger charge is 1.97. The zero-order chi connectivity index (χ0) is 10.4. The van der Waals surface area contributed by atoms with E-state index in [1.807, 2.05) is 18.2 Å². The maximum absolute atomic E-state index is 10.3. The van der Waals surface area contributed by atoms with Crippen molar-refractivity contribution in [2.45, 2.75) is 6.54 Å². The van der Waals surface area contributed by atoms with Crippen LogP contribution in [-0.2, 0) is 16.2 Å². The van der Waals surface area contributed by atoms with Crippen molar-refractivity contribution < 1.29 is 9.63 Å². The van der Waals surface area contributed by atoms with Gasteiger partial charge in [-0.05, 0) is 11.6 Å². The lowest BCUT2D eigenvalue weighted by Gasteiger charge is -2.06. The molecule has 0 aliphatic rings. The fourth-order valence-corrected chi connectivity index (χ4v) is 0.946. The normalized spacial score (nSPS) is 10.0. The van der Waals surface area contributed by atoms with Gasteiger partial charge >= 0.3 is 0 Å². The highest BCUT2D eigenvalue weighted by Crippen LogP contribution is 2.09. The van der Waals surface area contributed by atoms with Crippen molar-refractivity contribution in [1.82, 2.24) is 5.48 Å². The Hall–Kier alpha value is -1.59. The minimum absolute atomic E-state index is 0.146. The van der Waals surface area contributed by atoms with E-state index in [1.165, 1.54) is 0 Å². The van der Waals surface area contributed by atoms with Crippen molar-refractivity contribution in [2.75, 3.05) is 12.3 Å². The molecular formula is C9H13N3O2. The molecule has 0 aliphatic heterocycles. The molecule has 76 valence electrons. The van der Waals surface area contributed by atoms with Crippen LogP contribution in [0, 0.1) is 0 Å². The number of para-hydroxylation sites is 1. The third-order valence-electron chi connectivity index (χ3n) is 1.63. The molecule has 5 nitrogen and oxygen atoms in total. The van der Waals surface area contributed by atoms with E-state index >= 15 is 0 Å². The van der Waals surface area contributed by atoms with Crippen LogP contribution in [0.4, 0.5) is 5.69 Å². The molecule has 0 saturated heterocycles. The Labute approximate surface area is 82.0 Å². The van der Waals surface area contributed by atoms with Gasteiger partial charge in [-0.3, -0.25) is 9.63 Å². The maximum Gasteiger partial charge on any atom is 0.245 e. The topological polar surface area (TPSA) is 90.4 Å². The summed E-state index contributed by atoms with van der Waals surface area (Å²) in [4.78, 5) is 15.1. The molecule has 0 aromatic heterocycles. The maximum atomic E-state index is 10.3. The van der Waals surface area contributed by atoms with Gasteiger partial charge in [-0.1, -0.05) is 18.2 Å². The molecule has 0 aliphatic carbocycles. The van der Waals surface area contributed by atoms with Gasteiger partial charge in [0.15, 0.2) is 0 Å². The Balaban J connectivity index is 2.31. The molecular weight excluding hydrogens is 182 g/mol. The summed E-state index contributed by atoms with van der Waals surface area (Å²) in [5.41, 5.74) is 14.7. The number of primary amides is 1. The monoisotopic (exact) mass is 195 g/mol. The Bertz CT molecular complexity index is 315. The fraction of sp³-hybridized carbons (Fsp3) is 0.222. The number of carbonyl (C=O) groups excluding carboxylic acids is 1. The van der Waals surface area contributed by atoms with Gasteiger partial charge in [0, 0.05) is 12.2 Å². The van der Waals surface area contributed by atoms with Crippen LogP contribution in [0.3, 0.4) is 0 Å². The molecule has 1 rings (SSSR count). The standard InChI is InChI=1S/C9H13N3O2/c10-8-4-2-1-3-7(8)5-12-14-6-9(11)13/h1-4,12H,5-6,10H2,(H2,11,13). The lowest BCUT2D eigenvalue weighted by atomic mass is 10.2. The van der Waals surface area contributed by atoms with Crippen LogP contribution >= 0.6 is 0 Å².